The van der Waals surface area contributed by atoms with Gasteiger partial charge >= 0.3 is 5.97 Å². The molecule has 2 N–H and O–H groups in total. The molecule has 1 aromatic carbocycles. The number of nitrogens with zero attached hydrogens (tertiary/aromatic N) is 1. The van der Waals surface area contributed by atoms with Crippen molar-refractivity contribution in [2.45, 2.75) is 32.2 Å². The Morgan fingerprint density at radius 3 is 2.42 bits per heavy atom. The van der Waals surface area contributed by atoms with E-state index >= 15 is 0 Å². The molecule has 7 heteroatoms. The van der Waals surface area contributed by atoms with Gasteiger partial charge in [-0.1, -0.05) is 13.8 Å². The zero-order valence-electron chi connectivity index (χ0n) is 10.6. The van der Waals surface area contributed by atoms with Gasteiger partial charge in [0, 0.05) is 11.8 Å². The van der Waals surface area contributed by atoms with Gasteiger partial charge in [0.2, 0.25) is 0 Å². The van der Waals surface area contributed by atoms with Gasteiger partial charge in [0.25, 0.3) is 5.69 Å². The molecule has 0 saturated heterocycles. The molecule has 0 unspecified atom stereocenters. The number of non-ortho nitro benzene ring substituents is 1. The van der Waals surface area contributed by atoms with Gasteiger partial charge in [-0.15, -0.1) is 0 Å². The lowest BCUT2D eigenvalue weighted by Crippen LogP contribution is -2.45. The minimum Gasteiger partial charge on any atom is -0.480 e. The molecule has 1 aromatic rings. The van der Waals surface area contributed by atoms with Crippen molar-refractivity contribution in [3.63, 3.8) is 0 Å². The average molecular weight is 270 g/mol. The van der Waals surface area contributed by atoms with Crippen molar-refractivity contribution in [2.24, 2.45) is 0 Å². The Balaban J connectivity index is 3.17. The Bertz CT molecular complexity index is 501. The highest BCUT2D eigenvalue weighted by molar-refractivity contribution is 5.82. The summed E-state index contributed by atoms with van der Waals surface area (Å²) < 4.78 is 13.3. The monoisotopic (exact) mass is 270 g/mol. The van der Waals surface area contributed by atoms with Crippen molar-refractivity contribution in [1.29, 1.82) is 0 Å². The SMILES string of the molecule is CCC(CC)(Nc1cc(F)cc([N+](=O)[O-])c1)C(=O)O. The van der Waals surface area contributed by atoms with Crippen LogP contribution in [0.4, 0.5) is 15.8 Å². The number of carboxylic acids is 1. The van der Waals surface area contributed by atoms with Gasteiger partial charge < -0.3 is 10.4 Å². The molecule has 0 radical (unpaired) electrons. The van der Waals surface area contributed by atoms with Crippen molar-refractivity contribution in [3.05, 3.63) is 34.1 Å². The van der Waals surface area contributed by atoms with Gasteiger partial charge in [0.1, 0.15) is 11.4 Å². The minimum atomic E-state index is -1.26. The van der Waals surface area contributed by atoms with E-state index in [1.165, 1.54) is 0 Å². The fraction of sp³-hybridized carbons (Fsp3) is 0.417. The summed E-state index contributed by atoms with van der Waals surface area (Å²) in [6.45, 7) is 3.36. The quantitative estimate of drug-likeness (QED) is 0.612. The van der Waals surface area contributed by atoms with E-state index in [1.807, 2.05) is 0 Å². The van der Waals surface area contributed by atoms with E-state index in [0.29, 0.717) is 0 Å². The van der Waals surface area contributed by atoms with Crippen LogP contribution in [0, 0.1) is 15.9 Å². The fourth-order valence-corrected chi connectivity index (χ4v) is 1.81. The molecule has 19 heavy (non-hydrogen) atoms. The Labute approximate surface area is 109 Å². The predicted octanol–water partition coefficient (Wildman–Crippen LogP) is 2.79. The van der Waals surface area contributed by atoms with Crippen molar-refractivity contribution >= 4 is 17.3 Å². The molecule has 0 spiro atoms. The Morgan fingerprint density at radius 1 is 1.42 bits per heavy atom. The molecule has 1 rings (SSSR count). The maximum atomic E-state index is 13.3. The van der Waals surface area contributed by atoms with Gasteiger partial charge in [-0.2, -0.15) is 0 Å². The van der Waals surface area contributed by atoms with Crippen LogP contribution in [0.2, 0.25) is 0 Å². The second kappa shape index (κ2) is 5.64. The first-order valence-electron chi connectivity index (χ1n) is 5.81. The first kappa shape index (κ1) is 14.9. The van der Waals surface area contributed by atoms with Crippen molar-refractivity contribution in [1.82, 2.24) is 0 Å². The highest BCUT2D eigenvalue weighted by Gasteiger charge is 2.35. The lowest BCUT2D eigenvalue weighted by atomic mass is 9.92. The number of nitrogens with one attached hydrogen (secondary N) is 1. The molecule has 104 valence electrons. The van der Waals surface area contributed by atoms with E-state index < -0.39 is 27.9 Å². The first-order valence-corrected chi connectivity index (χ1v) is 5.81. The standard InChI is InChI=1S/C12H15FN2O4/c1-3-12(4-2,11(16)17)14-9-5-8(13)6-10(7-9)15(18)19/h5-7,14H,3-4H2,1-2H3,(H,16,17). The molecule has 0 saturated carbocycles. The number of halogens is 1. The molecule has 6 nitrogen and oxygen atoms in total. The third-order valence-corrected chi connectivity index (χ3v) is 3.09. The third-order valence-electron chi connectivity index (χ3n) is 3.09. The number of aliphatic carboxylic acids is 1. The van der Waals surface area contributed by atoms with Crippen LogP contribution in [0.25, 0.3) is 0 Å². The van der Waals surface area contributed by atoms with E-state index in [4.69, 9.17) is 0 Å². The molecule has 0 aliphatic rings. The van der Waals surface area contributed by atoms with E-state index in [0.717, 1.165) is 18.2 Å². The lowest BCUT2D eigenvalue weighted by molar-refractivity contribution is -0.385. The van der Waals surface area contributed by atoms with E-state index in [9.17, 15) is 24.4 Å². The zero-order valence-corrected chi connectivity index (χ0v) is 10.6. The summed E-state index contributed by atoms with van der Waals surface area (Å²) >= 11 is 0. The summed E-state index contributed by atoms with van der Waals surface area (Å²) in [5.74, 6) is -1.87. The van der Waals surface area contributed by atoms with E-state index in [-0.39, 0.29) is 18.5 Å². The summed E-state index contributed by atoms with van der Waals surface area (Å²) in [5.41, 5.74) is -1.60. The number of carbonyl (C=O) groups is 1. The zero-order chi connectivity index (χ0) is 14.6. The van der Waals surface area contributed by atoms with Crippen molar-refractivity contribution in [3.8, 4) is 0 Å². The summed E-state index contributed by atoms with van der Waals surface area (Å²) in [6.07, 6.45) is 0.534. The van der Waals surface area contributed by atoms with Gasteiger partial charge in [0.15, 0.2) is 0 Å². The third kappa shape index (κ3) is 3.18. The van der Waals surface area contributed by atoms with Gasteiger partial charge in [0.05, 0.1) is 11.0 Å². The maximum absolute atomic E-state index is 13.3. The molecule has 0 bridgehead atoms. The predicted molar refractivity (Wildman–Crippen MR) is 67.6 cm³/mol. The molecule has 0 atom stereocenters. The van der Waals surface area contributed by atoms with Crippen molar-refractivity contribution < 1.29 is 19.2 Å². The molecule has 0 amide bonds. The number of nitro groups is 1. The fourth-order valence-electron chi connectivity index (χ4n) is 1.81. The molecule has 0 aliphatic heterocycles. The molecular formula is C12H15FN2O4. The molecule has 0 aromatic heterocycles. The van der Waals surface area contributed by atoms with Crippen LogP contribution in [0.1, 0.15) is 26.7 Å². The number of hydrogen-bond donors (Lipinski definition) is 2. The summed E-state index contributed by atoms with van der Waals surface area (Å²) in [4.78, 5) is 21.2. The highest BCUT2D eigenvalue weighted by atomic mass is 19.1. The van der Waals surface area contributed by atoms with Crippen LogP contribution in [0.15, 0.2) is 18.2 Å². The van der Waals surface area contributed by atoms with Crippen molar-refractivity contribution in [2.75, 3.05) is 5.32 Å². The summed E-state index contributed by atoms with van der Waals surface area (Å²) in [6, 6.07) is 2.94. The van der Waals surface area contributed by atoms with Crippen LogP contribution >= 0.6 is 0 Å². The largest absolute Gasteiger partial charge is 0.480 e. The summed E-state index contributed by atoms with van der Waals surface area (Å²) in [5, 5.41) is 22.6. The number of carboxylic acid groups (broad SMARTS) is 1. The van der Waals surface area contributed by atoms with Crippen LogP contribution in [-0.2, 0) is 4.79 Å². The van der Waals surface area contributed by atoms with Crippen LogP contribution in [0.5, 0.6) is 0 Å². The van der Waals surface area contributed by atoms with E-state index in [1.54, 1.807) is 13.8 Å². The smallest absolute Gasteiger partial charge is 0.329 e. The number of hydrogen-bond acceptors (Lipinski definition) is 4. The second-order valence-electron chi connectivity index (χ2n) is 4.17. The van der Waals surface area contributed by atoms with Gasteiger partial charge in [-0.3, -0.25) is 10.1 Å². The average Bonchev–Trinajstić information content (AvgIpc) is 2.35. The number of nitro benzene ring substituents is 1. The maximum Gasteiger partial charge on any atom is 0.329 e. The molecule has 0 heterocycles. The van der Waals surface area contributed by atoms with Crippen LogP contribution < -0.4 is 5.32 Å². The first-order chi connectivity index (χ1) is 8.84. The molecule has 0 aliphatic carbocycles. The molecular weight excluding hydrogens is 255 g/mol. The topological polar surface area (TPSA) is 92.5 Å². The summed E-state index contributed by atoms with van der Waals surface area (Å²) in [7, 11) is 0. The van der Waals surface area contributed by atoms with Gasteiger partial charge in [-0.05, 0) is 18.9 Å². The Hall–Kier alpha value is -2.18. The minimum absolute atomic E-state index is 0.0813. The Kier molecular flexibility index (Phi) is 4.42. The number of rotatable bonds is 6. The molecule has 0 fully saturated rings. The highest BCUT2D eigenvalue weighted by Crippen LogP contribution is 2.26. The van der Waals surface area contributed by atoms with Crippen LogP contribution in [-0.4, -0.2) is 21.5 Å². The lowest BCUT2D eigenvalue weighted by Gasteiger charge is -2.29. The number of anilines is 1. The van der Waals surface area contributed by atoms with E-state index in [2.05, 4.69) is 5.32 Å². The second-order valence-corrected chi connectivity index (χ2v) is 4.17. The van der Waals surface area contributed by atoms with Crippen LogP contribution in [0.3, 0.4) is 0 Å². The number of benzene rings is 1. The van der Waals surface area contributed by atoms with Gasteiger partial charge in [-0.25, -0.2) is 9.18 Å². The normalized spacial score (nSPS) is 11.1. The Morgan fingerprint density at radius 2 is 2.00 bits per heavy atom.